The molecule has 0 spiro atoms. The number of carbonyl (C=O) groups excluding carboxylic acids is 2. The summed E-state index contributed by atoms with van der Waals surface area (Å²) in [5.74, 6) is -0.251. The molecular weight excluding hydrogens is 338 g/mol. The average Bonchev–Trinajstić information content (AvgIpc) is 2.63. The zero-order chi connectivity index (χ0) is 19.6. The lowest BCUT2D eigenvalue weighted by atomic mass is 10.0. The predicted molar refractivity (Wildman–Crippen MR) is 111 cm³/mol. The van der Waals surface area contributed by atoms with E-state index in [0.29, 0.717) is 11.3 Å². The van der Waals surface area contributed by atoms with Gasteiger partial charge in [0.2, 0.25) is 0 Å². The van der Waals surface area contributed by atoms with Gasteiger partial charge in [0, 0.05) is 12.7 Å². The maximum Gasteiger partial charge on any atom is 0.323 e. The molecule has 0 atom stereocenters. The minimum absolute atomic E-state index is 0.251. The van der Waals surface area contributed by atoms with Crippen LogP contribution in [0.1, 0.15) is 27.0 Å². The van der Waals surface area contributed by atoms with Gasteiger partial charge in [-0.3, -0.25) is 4.79 Å². The fourth-order valence-corrected chi connectivity index (χ4v) is 3.31. The largest absolute Gasteiger partial charge is 0.355 e. The molecule has 3 aromatic carbocycles. The first-order valence-electron chi connectivity index (χ1n) is 8.79. The van der Waals surface area contributed by atoms with E-state index in [2.05, 4.69) is 16.0 Å². The van der Waals surface area contributed by atoms with Crippen molar-refractivity contribution in [2.24, 2.45) is 0 Å². The van der Waals surface area contributed by atoms with Gasteiger partial charge in [0.1, 0.15) is 0 Å². The highest BCUT2D eigenvalue weighted by Gasteiger charge is 2.15. The number of benzene rings is 3. The van der Waals surface area contributed by atoms with Crippen molar-refractivity contribution in [3.05, 3.63) is 70.8 Å². The molecule has 0 heterocycles. The molecule has 0 aliphatic heterocycles. The van der Waals surface area contributed by atoms with Crippen molar-refractivity contribution in [1.29, 1.82) is 0 Å². The number of hydrogen-bond acceptors (Lipinski definition) is 2. The smallest absolute Gasteiger partial charge is 0.323 e. The number of carbonyl (C=O) groups is 2. The van der Waals surface area contributed by atoms with Gasteiger partial charge in [-0.2, -0.15) is 0 Å². The van der Waals surface area contributed by atoms with Crippen LogP contribution in [0.3, 0.4) is 0 Å². The molecule has 3 N–H and O–H groups in total. The molecule has 27 heavy (non-hydrogen) atoms. The predicted octanol–water partition coefficient (Wildman–Crippen LogP) is 4.77. The normalized spacial score (nSPS) is 10.5. The Hall–Kier alpha value is -3.34. The second-order valence-corrected chi connectivity index (χ2v) is 6.68. The average molecular weight is 361 g/mol. The van der Waals surface area contributed by atoms with E-state index in [1.54, 1.807) is 13.1 Å². The standard InChI is InChI=1S/C22H23N3O2/c1-13-9-14(2)20(15(3)10-13)25-22(27)24-19-12-17-8-6-5-7-16(17)11-18(19)21(26)23-4/h5-12H,1-4H3,(H,23,26)(H2,24,25,27). The van der Waals surface area contributed by atoms with Gasteiger partial charge in [-0.15, -0.1) is 0 Å². The van der Waals surface area contributed by atoms with Crippen LogP contribution in [0.5, 0.6) is 0 Å². The van der Waals surface area contributed by atoms with Crippen LogP contribution in [-0.4, -0.2) is 19.0 Å². The number of aryl methyl sites for hydroxylation is 3. The van der Waals surface area contributed by atoms with Gasteiger partial charge in [0.25, 0.3) is 5.91 Å². The van der Waals surface area contributed by atoms with E-state index in [1.807, 2.05) is 63.2 Å². The minimum Gasteiger partial charge on any atom is -0.355 e. The quantitative estimate of drug-likeness (QED) is 0.629. The van der Waals surface area contributed by atoms with Crippen LogP contribution < -0.4 is 16.0 Å². The van der Waals surface area contributed by atoms with E-state index < -0.39 is 0 Å². The minimum atomic E-state index is -0.384. The van der Waals surface area contributed by atoms with Gasteiger partial charge in [0.05, 0.1) is 11.3 Å². The first-order chi connectivity index (χ1) is 12.9. The highest BCUT2D eigenvalue weighted by molar-refractivity contribution is 6.09. The Morgan fingerprint density at radius 3 is 2.00 bits per heavy atom. The molecule has 5 heteroatoms. The molecule has 0 aromatic heterocycles. The van der Waals surface area contributed by atoms with E-state index in [-0.39, 0.29) is 11.9 Å². The monoisotopic (exact) mass is 361 g/mol. The van der Waals surface area contributed by atoms with Crippen LogP contribution >= 0.6 is 0 Å². The number of hydrogen-bond donors (Lipinski definition) is 3. The molecule has 0 aliphatic carbocycles. The molecule has 0 radical (unpaired) electrons. The number of urea groups is 1. The first kappa shape index (κ1) is 18.5. The van der Waals surface area contributed by atoms with E-state index in [1.165, 1.54) is 0 Å². The Labute approximate surface area is 158 Å². The van der Waals surface area contributed by atoms with Gasteiger partial charge < -0.3 is 16.0 Å². The van der Waals surface area contributed by atoms with Crippen LogP contribution in [0.15, 0.2) is 48.5 Å². The van der Waals surface area contributed by atoms with Gasteiger partial charge in [0.15, 0.2) is 0 Å². The maximum absolute atomic E-state index is 12.6. The lowest BCUT2D eigenvalue weighted by Gasteiger charge is -2.15. The maximum atomic E-state index is 12.6. The molecule has 5 nitrogen and oxygen atoms in total. The zero-order valence-corrected chi connectivity index (χ0v) is 15.9. The highest BCUT2D eigenvalue weighted by Crippen LogP contribution is 2.26. The van der Waals surface area contributed by atoms with E-state index in [0.717, 1.165) is 33.2 Å². The molecule has 138 valence electrons. The van der Waals surface area contributed by atoms with Crippen molar-refractivity contribution in [3.63, 3.8) is 0 Å². The summed E-state index contributed by atoms with van der Waals surface area (Å²) in [5, 5.41) is 10.2. The third-order valence-electron chi connectivity index (χ3n) is 4.52. The molecule has 0 saturated heterocycles. The molecule has 3 rings (SSSR count). The van der Waals surface area contributed by atoms with Gasteiger partial charge in [-0.1, -0.05) is 42.0 Å². The molecule has 0 bridgehead atoms. The summed E-state index contributed by atoms with van der Waals surface area (Å²) < 4.78 is 0. The third-order valence-corrected chi connectivity index (χ3v) is 4.52. The summed E-state index contributed by atoms with van der Waals surface area (Å²) in [6.45, 7) is 5.94. The Bertz CT molecular complexity index is 1020. The Balaban J connectivity index is 1.93. The number of rotatable bonds is 3. The summed E-state index contributed by atoms with van der Waals surface area (Å²) >= 11 is 0. The fraction of sp³-hybridized carbons (Fsp3) is 0.182. The molecule has 0 fully saturated rings. The summed E-state index contributed by atoms with van der Waals surface area (Å²) in [6, 6.07) is 15.0. The van der Waals surface area contributed by atoms with Gasteiger partial charge in [-0.05, 0) is 54.8 Å². The molecule has 0 aliphatic rings. The van der Waals surface area contributed by atoms with Crippen LogP contribution in [0.25, 0.3) is 10.8 Å². The molecule has 3 aromatic rings. The number of nitrogens with one attached hydrogen (secondary N) is 3. The lowest BCUT2D eigenvalue weighted by Crippen LogP contribution is -2.24. The molecule has 3 amide bonds. The molecular formula is C22H23N3O2. The second kappa shape index (κ2) is 7.50. The number of amides is 3. The molecule has 0 saturated carbocycles. The topological polar surface area (TPSA) is 70.2 Å². The van der Waals surface area contributed by atoms with E-state index in [4.69, 9.17) is 0 Å². The lowest BCUT2D eigenvalue weighted by molar-refractivity contribution is 0.0964. The Morgan fingerprint density at radius 1 is 0.815 bits per heavy atom. The van der Waals surface area contributed by atoms with Crippen molar-refractivity contribution < 1.29 is 9.59 Å². The van der Waals surface area contributed by atoms with Crippen molar-refractivity contribution in [1.82, 2.24) is 5.32 Å². The van der Waals surface area contributed by atoms with E-state index in [9.17, 15) is 9.59 Å². The van der Waals surface area contributed by atoms with Crippen molar-refractivity contribution >= 4 is 34.1 Å². The van der Waals surface area contributed by atoms with E-state index >= 15 is 0 Å². The Kier molecular flexibility index (Phi) is 5.12. The van der Waals surface area contributed by atoms with Gasteiger partial charge >= 0.3 is 6.03 Å². The third kappa shape index (κ3) is 3.92. The highest BCUT2D eigenvalue weighted by atomic mass is 16.2. The fourth-order valence-electron chi connectivity index (χ4n) is 3.31. The SMILES string of the molecule is CNC(=O)c1cc2ccccc2cc1NC(=O)Nc1c(C)cc(C)cc1C. The first-order valence-corrected chi connectivity index (χ1v) is 8.79. The Morgan fingerprint density at radius 2 is 1.41 bits per heavy atom. The second-order valence-electron chi connectivity index (χ2n) is 6.68. The molecule has 0 unspecified atom stereocenters. The summed E-state index contributed by atoms with van der Waals surface area (Å²) in [6.07, 6.45) is 0. The van der Waals surface area contributed by atoms with Crippen molar-refractivity contribution in [2.75, 3.05) is 17.7 Å². The number of fused-ring (bicyclic) bond motifs is 1. The number of anilines is 2. The van der Waals surface area contributed by atoms with Gasteiger partial charge in [-0.25, -0.2) is 4.79 Å². The van der Waals surface area contributed by atoms with Crippen molar-refractivity contribution in [3.8, 4) is 0 Å². The van der Waals surface area contributed by atoms with Crippen LogP contribution in [0.4, 0.5) is 16.2 Å². The summed E-state index contributed by atoms with van der Waals surface area (Å²) in [5.41, 5.74) is 4.80. The zero-order valence-electron chi connectivity index (χ0n) is 15.9. The van der Waals surface area contributed by atoms with Crippen LogP contribution in [0, 0.1) is 20.8 Å². The van der Waals surface area contributed by atoms with Crippen LogP contribution in [0.2, 0.25) is 0 Å². The summed E-state index contributed by atoms with van der Waals surface area (Å²) in [7, 11) is 1.57. The van der Waals surface area contributed by atoms with Crippen LogP contribution in [-0.2, 0) is 0 Å². The summed E-state index contributed by atoms with van der Waals surface area (Å²) in [4.78, 5) is 24.9. The van der Waals surface area contributed by atoms with Crippen molar-refractivity contribution in [2.45, 2.75) is 20.8 Å².